The first-order valence-electron chi connectivity index (χ1n) is 11.5. The van der Waals surface area contributed by atoms with Crippen molar-refractivity contribution in [3.05, 3.63) is 61.1 Å². The molecule has 0 saturated heterocycles. The van der Waals surface area contributed by atoms with Crippen molar-refractivity contribution in [3.8, 4) is 16.9 Å². The molecule has 0 amide bonds. The third-order valence-corrected chi connectivity index (χ3v) is 5.85. The van der Waals surface area contributed by atoms with Crippen molar-refractivity contribution in [3.63, 3.8) is 0 Å². The molecule has 0 fully saturated rings. The average Bonchev–Trinajstić information content (AvgIpc) is 3.28. The molecule has 0 aliphatic rings. The zero-order valence-electron chi connectivity index (χ0n) is 20.5. The summed E-state index contributed by atoms with van der Waals surface area (Å²) >= 11 is 0. The van der Waals surface area contributed by atoms with Crippen molar-refractivity contribution in [2.75, 3.05) is 26.0 Å². The molecule has 0 aliphatic carbocycles. The number of benzene rings is 2. The lowest BCUT2D eigenvalue weighted by Gasteiger charge is -2.22. The highest BCUT2D eigenvalue weighted by molar-refractivity contribution is 6.42. The molecule has 0 unspecified atom stereocenters. The van der Waals surface area contributed by atoms with Gasteiger partial charge < -0.3 is 15.0 Å². The van der Waals surface area contributed by atoms with Crippen LogP contribution < -0.4 is 15.5 Å². The monoisotopic (exact) mass is 481 g/mol. The summed E-state index contributed by atoms with van der Waals surface area (Å²) in [7, 11) is 12.4. The van der Waals surface area contributed by atoms with E-state index >= 15 is 4.39 Å². The van der Waals surface area contributed by atoms with Crippen LogP contribution in [0.1, 0.15) is 6.92 Å². The van der Waals surface area contributed by atoms with Crippen molar-refractivity contribution >= 4 is 46.6 Å². The minimum Gasteiger partial charge on any atom is -0.489 e. The number of nitrogens with one attached hydrogen (secondary N) is 1. The van der Waals surface area contributed by atoms with Gasteiger partial charge in [0.2, 0.25) is 0 Å². The number of likely N-dealkylation sites (N-methyl/N-ethyl adjacent to an activating group) is 1. The minimum atomic E-state index is -0.421. The van der Waals surface area contributed by atoms with Crippen molar-refractivity contribution in [1.82, 2.24) is 29.6 Å². The zero-order valence-corrected chi connectivity index (χ0v) is 20.5. The van der Waals surface area contributed by atoms with Crippen molar-refractivity contribution in [2.45, 2.75) is 13.0 Å². The fourth-order valence-electron chi connectivity index (χ4n) is 4.33. The molecular formula is C26H25BFN7O. The van der Waals surface area contributed by atoms with Crippen LogP contribution in [0.4, 0.5) is 15.9 Å². The zero-order chi connectivity index (χ0) is 25.4. The van der Waals surface area contributed by atoms with E-state index in [2.05, 4.69) is 25.4 Å². The minimum absolute atomic E-state index is 0.148. The quantitative estimate of drug-likeness (QED) is 0.356. The molecule has 0 spiro atoms. The van der Waals surface area contributed by atoms with Gasteiger partial charge >= 0.3 is 0 Å². The van der Waals surface area contributed by atoms with Gasteiger partial charge in [-0.1, -0.05) is 5.46 Å². The molecule has 5 aromatic rings. The van der Waals surface area contributed by atoms with Crippen LogP contribution in [0.15, 0.2) is 55.2 Å². The molecule has 8 nitrogen and oxygen atoms in total. The number of halogens is 1. The highest BCUT2D eigenvalue weighted by atomic mass is 19.1. The SMILES string of the molecule is [B]c1c(-c2cnn(C)c2)cc(O[C@H](C)CN(C)C)c2c(Nc3ccc4ncccc4c3F)ncnc12. The molecule has 3 aromatic heterocycles. The Labute approximate surface area is 209 Å². The Kier molecular flexibility index (Phi) is 6.28. The van der Waals surface area contributed by atoms with E-state index in [-0.39, 0.29) is 11.8 Å². The Balaban J connectivity index is 1.68. The molecule has 1 atom stereocenters. The second kappa shape index (κ2) is 9.54. The molecule has 3 heterocycles. The summed E-state index contributed by atoms with van der Waals surface area (Å²) in [6.07, 6.45) is 6.51. The van der Waals surface area contributed by atoms with Crippen molar-refractivity contribution in [2.24, 2.45) is 7.05 Å². The predicted molar refractivity (Wildman–Crippen MR) is 141 cm³/mol. The first-order valence-corrected chi connectivity index (χ1v) is 11.5. The molecule has 180 valence electrons. The summed E-state index contributed by atoms with van der Waals surface area (Å²) in [5.74, 6) is 0.507. The number of aromatic nitrogens is 5. The highest BCUT2D eigenvalue weighted by Gasteiger charge is 2.20. The lowest BCUT2D eigenvalue weighted by molar-refractivity contribution is 0.179. The number of hydrogen-bond donors (Lipinski definition) is 1. The van der Waals surface area contributed by atoms with E-state index in [0.29, 0.717) is 45.4 Å². The Bertz CT molecular complexity index is 1570. The molecule has 10 heteroatoms. The number of rotatable bonds is 7. The van der Waals surface area contributed by atoms with Gasteiger partial charge in [0.25, 0.3) is 0 Å². The van der Waals surface area contributed by atoms with Crippen LogP contribution in [0.25, 0.3) is 32.9 Å². The average molecular weight is 481 g/mol. The van der Waals surface area contributed by atoms with Crippen LogP contribution >= 0.6 is 0 Å². The number of anilines is 2. The van der Waals surface area contributed by atoms with Crippen LogP contribution in [-0.2, 0) is 7.05 Å². The smallest absolute Gasteiger partial charge is 0.156 e. The van der Waals surface area contributed by atoms with E-state index in [9.17, 15) is 0 Å². The Morgan fingerprint density at radius 2 is 2.03 bits per heavy atom. The summed E-state index contributed by atoms with van der Waals surface area (Å²) in [6.45, 7) is 2.68. The highest BCUT2D eigenvalue weighted by Crippen LogP contribution is 2.36. The van der Waals surface area contributed by atoms with E-state index in [1.165, 1.54) is 6.33 Å². The molecular weight excluding hydrogens is 456 g/mol. The molecule has 5 rings (SSSR count). The maximum atomic E-state index is 15.4. The Hall–Kier alpha value is -4.05. The molecule has 36 heavy (non-hydrogen) atoms. The van der Waals surface area contributed by atoms with Gasteiger partial charge in [0.1, 0.15) is 31.8 Å². The molecule has 1 N–H and O–H groups in total. The van der Waals surface area contributed by atoms with Crippen LogP contribution in [0, 0.1) is 5.82 Å². The second-order valence-electron chi connectivity index (χ2n) is 9.00. The maximum absolute atomic E-state index is 15.4. The largest absolute Gasteiger partial charge is 0.489 e. The predicted octanol–water partition coefficient (Wildman–Crippen LogP) is 3.58. The number of nitrogens with zero attached hydrogens (tertiary/aromatic N) is 6. The Morgan fingerprint density at radius 3 is 2.78 bits per heavy atom. The first-order chi connectivity index (χ1) is 17.3. The van der Waals surface area contributed by atoms with Gasteiger partial charge in [0.15, 0.2) is 5.82 Å². The third-order valence-electron chi connectivity index (χ3n) is 5.85. The second-order valence-corrected chi connectivity index (χ2v) is 9.00. The number of ether oxygens (including phenoxy) is 1. The lowest BCUT2D eigenvalue weighted by atomic mass is 9.85. The third kappa shape index (κ3) is 4.47. The van der Waals surface area contributed by atoms with Gasteiger partial charge in [0, 0.05) is 36.9 Å². The summed E-state index contributed by atoms with van der Waals surface area (Å²) in [5.41, 5.74) is 3.37. The fourth-order valence-corrected chi connectivity index (χ4v) is 4.33. The molecule has 0 bridgehead atoms. The summed E-state index contributed by atoms with van der Waals surface area (Å²) < 4.78 is 23.5. The van der Waals surface area contributed by atoms with E-state index in [1.54, 1.807) is 41.3 Å². The molecule has 2 radical (unpaired) electrons. The van der Waals surface area contributed by atoms with Crippen LogP contribution in [-0.4, -0.2) is 64.2 Å². The Morgan fingerprint density at radius 1 is 1.19 bits per heavy atom. The van der Waals surface area contributed by atoms with Gasteiger partial charge in [-0.05, 0) is 56.9 Å². The van der Waals surface area contributed by atoms with Crippen LogP contribution in [0.3, 0.4) is 0 Å². The number of pyridine rings is 1. The normalized spacial score (nSPS) is 12.4. The fraction of sp³-hybridized carbons (Fsp3) is 0.231. The summed E-state index contributed by atoms with van der Waals surface area (Å²) in [6, 6.07) is 8.66. The van der Waals surface area contributed by atoms with E-state index in [4.69, 9.17) is 12.6 Å². The summed E-state index contributed by atoms with van der Waals surface area (Å²) in [4.78, 5) is 15.2. The van der Waals surface area contributed by atoms with Gasteiger partial charge in [-0.15, -0.1) is 0 Å². The number of aryl methyl sites for hydroxylation is 1. The molecule has 2 aromatic carbocycles. The van der Waals surface area contributed by atoms with Gasteiger partial charge in [-0.25, -0.2) is 14.4 Å². The molecule has 0 saturated carbocycles. The van der Waals surface area contributed by atoms with E-state index in [0.717, 1.165) is 11.1 Å². The van der Waals surface area contributed by atoms with Crippen LogP contribution in [0.2, 0.25) is 0 Å². The van der Waals surface area contributed by atoms with Crippen LogP contribution in [0.5, 0.6) is 5.75 Å². The summed E-state index contributed by atoms with van der Waals surface area (Å²) in [5, 5.41) is 8.39. The first kappa shape index (κ1) is 23.7. The lowest BCUT2D eigenvalue weighted by Crippen LogP contribution is -2.28. The van der Waals surface area contributed by atoms with Crippen molar-refractivity contribution in [1.29, 1.82) is 0 Å². The van der Waals surface area contributed by atoms with E-state index < -0.39 is 5.82 Å². The van der Waals surface area contributed by atoms with E-state index in [1.807, 2.05) is 45.2 Å². The van der Waals surface area contributed by atoms with Gasteiger partial charge in [-0.3, -0.25) is 9.67 Å². The van der Waals surface area contributed by atoms with Crippen molar-refractivity contribution < 1.29 is 9.13 Å². The van der Waals surface area contributed by atoms with Gasteiger partial charge in [-0.2, -0.15) is 5.10 Å². The topological polar surface area (TPSA) is 81.0 Å². The number of fused-ring (bicyclic) bond motifs is 2. The standard InChI is InChI=1S/C26H25BFN7O/c1-15(12-34(2)3)36-21-10-18(16-11-32-35(4)13-16)23(27)25-22(21)26(31-14-30-25)33-20-8-7-19-17(24(20)28)6-5-9-29-19/h5-11,13-15H,12H2,1-4H3,(H,30,31,33)/t15-/m1/s1. The maximum Gasteiger partial charge on any atom is 0.156 e. The van der Waals surface area contributed by atoms with Gasteiger partial charge in [0.05, 0.1) is 28.3 Å². The number of hydrogen-bond acceptors (Lipinski definition) is 7. The molecule has 0 aliphatic heterocycles.